The molecule has 0 bridgehead atoms. The van der Waals surface area contributed by atoms with Crippen LogP contribution in [0.4, 0.5) is 0 Å². The summed E-state index contributed by atoms with van der Waals surface area (Å²) >= 11 is 5.86. The quantitative estimate of drug-likeness (QED) is 0.528. The van der Waals surface area contributed by atoms with E-state index in [-0.39, 0.29) is 31.3 Å². The van der Waals surface area contributed by atoms with E-state index in [1.807, 2.05) is 13.8 Å². The van der Waals surface area contributed by atoms with E-state index in [2.05, 4.69) is 6.92 Å². The topological polar surface area (TPSA) is 48.0 Å². The second-order valence-corrected chi connectivity index (χ2v) is 4.86. The van der Waals surface area contributed by atoms with Crippen LogP contribution in [0.3, 0.4) is 0 Å². The number of halogens is 1. The molecule has 0 radical (unpaired) electrons. The molecule has 1 fully saturated rings. The van der Waals surface area contributed by atoms with Crippen LogP contribution in [0.25, 0.3) is 0 Å². The average molecular weight is 280 g/mol. The number of ether oxygens (including phenoxy) is 3. The van der Waals surface area contributed by atoms with Crippen LogP contribution in [0, 0.1) is 0 Å². The molecule has 0 saturated carbocycles. The Balaban J connectivity index is 2.19. The van der Waals surface area contributed by atoms with Crippen LogP contribution in [0.1, 0.15) is 33.6 Å². The number of amides is 1. The normalized spacial score (nSPS) is 27.4. The fourth-order valence-corrected chi connectivity index (χ4v) is 1.69. The third kappa shape index (κ3) is 5.10. The second kappa shape index (κ2) is 7.94. The molecule has 0 N–H and O–H groups in total. The Hall–Kier alpha value is -0.360. The highest BCUT2D eigenvalue weighted by atomic mass is 35.5. The fourth-order valence-electron chi connectivity index (χ4n) is 1.53. The minimum absolute atomic E-state index is 0.00132. The van der Waals surface area contributed by atoms with E-state index >= 15 is 0 Å². The lowest BCUT2D eigenvalue weighted by Crippen LogP contribution is -2.33. The second-order valence-electron chi connectivity index (χ2n) is 4.46. The molecule has 1 amide bonds. The monoisotopic (exact) mass is 279 g/mol. The molecule has 0 spiro atoms. The number of carbonyl (C=O) groups excluding carboxylic acids is 1. The number of carbonyl (C=O) groups is 1. The first-order valence-corrected chi connectivity index (χ1v) is 6.73. The van der Waals surface area contributed by atoms with Gasteiger partial charge in [0.25, 0.3) is 5.91 Å². The molecule has 1 aliphatic rings. The Morgan fingerprint density at radius 1 is 1.33 bits per heavy atom. The predicted octanol–water partition coefficient (Wildman–Crippen LogP) is 1.94. The molecule has 1 aliphatic heterocycles. The van der Waals surface area contributed by atoms with Gasteiger partial charge < -0.3 is 14.2 Å². The third-order valence-electron chi connectivity index (χ3n) is 2.84. The van der Waals surface area contributed by atoms with Gasteiger partial charge in [0.15, 0.2) is 6.29 Å². The van der Waals surface area contributed by atoms with Crippen LogP contribution in [-0.4, -0.2) is 48.6 Å². The highest BCUT2D eigenvalue weighted by Crippen LogP contribution is 2.19. The number of unbranched alkanes of at least 4 members (excludes halogenated alkanes) is 1. The SMILES string of the molecule is CCCCOCC(=O)N(Cl)CC1OC(C)C(C)O1. The molecule has 1 heterocycles. The van der Waals surface area contributed by atoms with E-state index in [9.17, 15) is 4.79 Å². The minimum Gasteiger partial charge on any atom is -0.372 e. The molecule has 5 nitrogen and oxygen atoms in total. The van der Waals surface area contributed by atoms with Gasteiger partial charge in [-0.1, -0.05) is 13.3 Å². The molecular formula is C12H22ClNO4. The van der Waals surface area contributed by atoms with E-state index in [4.69, 9.17) is 26.0 Å². The number of hydrogen-bond donors (Lipinski definition) is 0. The van der Waals surface area contributed by atoms with Crippen molar-refractivity contribution in [2.24, 2.45) is 0 Å². The lowest BCUT2D eigenvalue weighted by molar-refractivity contribution is -0.136. The Morgan fingerprint density at radius 3 is 2.50 bits per heavy atom. The first-order chi connectivity index (χ1) is 8.54. The summed E-state index contributed by atoms with van der Waals surface area (Å²) in [6.07, 6.45) is 1.58. The van der Waals surface area contributed by atoms with Gasteiger partial charge in [0.05, 0.1) is 18.8 Å². The molecule has 2 atom stereocenters. The molecule has 0 aromatic heterocycles. The summed E-state index contributed by atoms with van der Waals surface area (Å²) in [5.74, 6) is -0.271. The molecule has 18 heavy (non-hydrogen) atoms. The maximum atomic E-state index is 11.6. The first kappa shape index (κ1) is 15.7. The van der Waals surface area contributed by atoms with Gasteiger partial charge in [-0.05, 0) is 20.3 Å². The van der Waals surface area contributed by atoms with Crippen molar-refractivity contribution in [2.75, 3.05) is 19.8 Å². The molecule has 6 heteroatoms. The summed E-state index contributed by atoms with van der Waals surface area (Å²) in [7, 11) is 0. The molecule has 0 aromatic rings. The van der Waals surface area contributed by atoms with Crippen molar-refractivity contribution in [3.05, 3.63) is 0 Å². The van der Waals surface area contributed by atoms with Gasteiger partial charge in [-0.2, -0.15) is 0 Å². The minimum atomic E-state index is -0.452. The van der Waals surface area contributed by atoms with Gasteiger partial charge in [0.1, 0.15) is 6.61 Å². The molecule has 106 valence electrons. The van der Waals surface area contributed by atoms with Gasteiger partial charge in [0, 0.05) is 18.4 Å². The maximum absolute atomic E-state index is 11.6. The number of nitrogens with zero attached hydrogens (tertiary/aromatic N) is 1. The van der Waals surface area contributed by atoms with Gasteiger partial charge in [-0.3, -0.25) is 4.79 Å². The van der Waals surface area contributed by atoms with Crippen LogP contribution in [0.15, 0.2) is 0 Å². The Bertz CT molecular complexity index is 254. The van der Waals surface area contributed by atoms with Crippen molar-refractivity contribution in [3.8, 4) is 0 Å². The van der Waals surface area contributed by atoms with Gasteiger partial charge in [-0.15, -0.1) is 0 Å². The van der Waals surface area contributed by atoms with E-state index in [1.165, 1.54) is 0 Å². The van der Waals surface area contributed by atoms with Crippen molar-refractivity contribution in [3.63, 3.8) is 0 Å². The van der Waals surface area contributed by atoms with Crippen molar-refractivity contribution in [1.82, 2.24) is 4.42 Å². The van der Waals surface area contributed by atoms with E-state index in [0.717, 1.165) is 17.3 Å². The van der Waals surface area contributed by atoms with Crippen molar-refractivity contribution in [2.45, 2.75) is 52.1 Å². The van der Waals surface area contributed by atoms with Crippen molar-refractivity contribution >= 4 is 17.7 Å². The van der Waals surface area contributed by atoms with Crippen LogP contribution in [0.2, 0.25) is 0 Å². The van der Waals surface area contributed by atoms with Crippen molar-refractivity contribution in [1.29, 1.82) is 0 Å². The third-order valence-corrected chi connectivity index (χ3v) is 3.17. The van der Waals surface area contributed by atoms with Crippen LogP contribution >= 0.6 is 11.8 Å². The molecule has 0 aliphatic carbocycles. The highest BCUT2D eigenvalue weighted by Gasteiger charge is 2.31. The van der Waals surface area contributed by atoms with Gasteiger partial charge >= 0.3 is 0 Å². The fraction of sp³-hybridized carbons (Fsp3) is 0.917. The molecule has 1 saturated heterocycles. The predicted molar refractivity (Wildman–Crippen MR) is 68.2 cm³/mol. The Labute approximate surface area is 113 Å². The smallest absolute Gasteiger partial charge is 0.263 e. The van der Waals surface area contributed by atoms with Crippen LogP contribution in [-0.2, 0) is 19.0 Å². The summed E-state index contributed by atoms with van der Waals surface area (Å²) in [5.41, 5.74) is 0. The van der Waals surface area contributed by atoms with Crippen molar-refractivity contribution < 1.29 is 19.0 Å². The molecule has 1 rings (SSSR count). The number of rotatable bonds is 7. The average Bonchev–Trinajstić information content (AvgIpc) is 2.63. The first-order valence-electron chi connectivity index (χ1n) is 6.39. The van der Waals surface area contributed by atoms with E-state index in [1.54, 1.807) is 0 Å². The Kier molecular flexibility index (Phi) is 6.92. The summed E-state index contributed by atoms with van der Waals surface area (Å²) < 4.78 is 17.3. The van der Waals surface area contributed by atoms with Gasteiger partial charge in [0.2, 0.25) is 0 Å². The summed E-state index contributed by atoms with van der Waals surface area (Å²) in [4.78, 5) is 11.6. The standard InChI is InChI=1S/C12H22ClNO4/c1-4-5-6-16-8-11(15)14(13)7-12-17-9(2)10(3)18-12/h9-10,12H,4-8H2,1-3H3. The molecule has 0 aromatic carbocycles. The Morgan fingerprint density at radius 2 is 1.94 bits per heavy atom. The zero-order chi connectivity index (χ0) is 13.5. The lowest BCUT2D eigenvalue weighted by atomic mass is 10.3. The largest absolute Gasteiger partial charge is 0.372 e. The summed E-state index contributed by atoms with van der Waals surface area (Å²) in [6, 6.07) is 0. The number of hydrogen-bond acceptors (Lipinski definition) is 4. The van der Waals surface area contributed by atoms with Gasteiger partial charge in [-0.25, -0.2) is 4.42 Å². The van der Waals surface area contributed by atoms with E-state index in [0.29, 0.717) is 6.61 Å². The lowest BCUT2D eigenvalue weighted by Gasteiger charge is -2.17. The molecule has 2 unspecified atom stereocenters. The zero-order valence-corrected chi connectivity index (χ0v) is 12.0. The maximum Gasteiger partial charge on any atom is 0.263 e. The highest BCUT2D eigenvalue weighted by molar-refractivity contribution is 6.21. The van der Waals surface area contributed by atoms with E-state index < -0.39 is 6.29 Å². The molecular weight excluding hydrogens is 258 g/mol. The van der Waals surface area contributed by atoms with Crippen LogP contribution in [0.5, 0.6) is 0 Å². The summed E-state index contributed by atoms with van der Waals surface area (Å²) in [6.45, 7) is 6.72. The summed E-state index contributed by atoms with van der Waals surface area (Å²) in [5, 5.41) is 0. The zero-order valence-electron chi connectivity index (χ0n) is 11.2. The van der Waals surface area contributed by atoms with Crippen LogP contribution < -0.4 is 0 Å².